The average Bonchev–Trinajstić information content (AvgIpc) is 2.89. The van der Waals surface area contributed by atoms with Gasteiger partial charge in [0.1, 0.15) is 5.82 Å². The normalized spacial score (nSPS) is 15.6. The lowest BCUT2D eigenvalue weighted by atomic mass is 10.1. The molecule has 0 saturated carbocycles. The summed E-state index contributed by atoms with van der Waals surface area (Å²) in [6.07, 6.45) is 1.59. The van der Waals surface area contributed by atoms with Crippen molar-refractivity contribution in [1.29, 1.82) is 0 Å². The zero-order chi connectivity index (χ0) is 17.8. The largest absolute Gasteiger partial charge is 0.383 e. The molecule has 6 heteroatoms. The molecule has 0 fully saturated rings. The van der Waals surface area contributed by atoms with Gasteiger partial charge in [0.25, 0.3) is 5.91 Å². The van der Waals surface area contributed by atoms with Crippen LogP contribution >= 0.6 is 0 Å². The number of halogens is 1. The number of methoxy groups -OCH3 is 1. The van der Waals surface area contributed by atoms with Gasteiger partial charge in [0.05, 0.1) is 12.2 Å². The van der Waals surface area contributed by atoms with Gasteiger partial charge in [-0.15, -0.1) is 0 Å². The van der Waals surface area contributed by atoms with Gasteiger partial charge >= 0.3 is 0 Å². The Morgan fingerprint density at radius 3 is 2.64 bits per heavy atom. The number of ether oxygens (including phenoxy) is 1. The lowest BCUT2D eigenvalue weighted by Crippen LogP contribution is -2.20. The van der Waals surface area contributed by atoms with Crippen molar-refractivity contribution >= 4 is 28.5 Å². The highest BCUT2D eigenvalue weighted by atomic mass is 19.1. The first-order valence-electron chi connectivity index (χ1n) is 8.00. The fraction of sp³-hybridized carbons (Fsp3) is 0.211. The zero-order valence-electron chi connectivity index (χ0n) is 14.1. The molecule has 130 valence electrons. The number of rotatable bonds is 6. The predicted molar refractivity (Wildman–Crippen MR) is 98.0 cm³/mol. The van der Waals surface area contributed by atoms with Crippen molar-refractivity contribution < 1.29 is 13.9 Å². The molecule has 2 aromatic carbocycles. The maximum atomic E-state index is 13.4. The number of fused-ring (bicyclic) bond motifs is 1. The molecule has 0 radical (unpaired) electrons. The minimum absolute atomic E-state index is 0.208. The van der Waals surface area contributed by atoms with Gasteiger partial charge in [-0.3, -0.25) is 4.79 Å². The van der Waals surface area contributed by atoms with Crippen LogP contribution in [-0.2, 0) is 9.53 Å². The summed E-state index contributed by atoms with van der Waals surface area (Å²) in [7, 11) is 1.67. The number of benzene rings is 2. The molecule has 0 aromatic heterocycles. The lowest BCUT2D eigenvalue weighted by Gasteiger charge is -2.14. The molecule has 0 bridgehead atoms. The summed E-state index contributed by atoms with van der Waals surface area (Å²) in [6, 6.07) is 12.1. The van der Waals surface area contributed by atoms with E-state index in [1.165, 1.54) is 12.1 Å². The smallest absolute Gasteiger partial charge is 0.257 e. The summed E-state index contributed by atoms with van der Waals surface area (Å²) in [5.41, 5.74) is 3.39. The van der Waals surface area contributed by atoms with Gasteiger partial charge in [0.2, 0.25) is 0 Å². The first kappa shape index (κ1) is 17.0. The number of anilines is 3. The molecule has 1 aliphatic heterocycles. The van der Waals surface area contributed by atoms with E-state index in [2.05, 4.69) is 16.0 Å². The summed E-state index contributed by atoms with van der Waals surface area (Å²) in [4.78, 5) is 12.0. The van der Waals surface area contributed by atoms with Crippen LogP contribution in [0, 0.1) is 5.82 Å². The summed E-state index contributed by atoms with van der Waals surface area (Å²) < 4.78 is 18.5. The van der Waals surface area contributed by atoms with Crippen LogP contribution in [0.3, 0.4) is 0 Å². The topological polar surface area (TPSA) is 62.4 Å². The molecule has 25 heavy (non-hydrogen) atoms. The Labute approximate surface area is 145 Å². The van der Waals surface area contributed by atoms with Crippen LogP contribution < -0.4 is 16.0 Å². The Kier molecular flexibility index (Phi) is 5.00. The monoisotopic (exact) mass is 341 g/mol. The Balaban J connectivity index is 1.70. The van der Waals surface area contributed by atoms with Crippen molar-refractivity contribution in [2.75, 3.05) is 29.7 Å². The fourth-order valence-electron chi connectivity index (χ4n) is 2.70. The second-order valence-corrected chi connectivity index (χ2v) is 5.92. The van der Waals surface area contributed by atoms with Crippen molar-refractivity contribution in [2.24, 2.45) is 0 Å². The number of carbonyl (C=O) groups is 1. The van der Waals surface area contributed by atoms with Crippen molar-refractivity contribution in [3.63, 3.8) is 0 Å². The zero-order valence-corrected chi connectivity index (χ0v) is 14.1. The second-order valence-electron chi connectivity index (χ2n) is 5.92. The van der Waals surface area contributed by atoms with Crippen LogP contribution in [0.4, 0.5) is 21.5 Å². The van der Waals surface area contributed by atoms with Crippen LogP contribution in [0.5, 0.6) is 0 Å². The predicted octanol–water partition coefficient (Wildman–Crippen LogP) is 3.68. The SMILES string of the molecule is COCC(C)Nc1ccc(N/C=C2/C(=O)Nc3ccc(F)cc32)cc1. The molecule has 0 aliphatic carbocycles. The minimum atomic E-state index is -0.373. The third-order valence-corrected chi connectivity index (χ3v) is 3.86. The molecule has 1 aliphatic rings. The van der Waals surface area contributed by atoms with E-state index in [9.17, 15) is 9.18 Å². The molecule has 5 nitrogen and oxygen atoms in total. The summed E-state index contributed by atoms with van der Waals surface area (Å²) in [5, 5.41) is 9.12. The van der Waals surface area contributed by atoms with E-state index in [1.807, 2.05) is 31.2 Å². The van der Waals surface area contributed by atoms with Crippen LogP contribution in [0.2, 0.25) is 0 Å². The highest BCUT2D eigenvalue weighted by Crippen LogP contribution is 2.32. The van der Waals surface area contributed by atoms with Gasteiger partial charge in [-0.25, -0.2) is 4.39 Å². The third-order valence-electron chi connectivity index (χ3n) is 3.86. The first-order valence-corrected chi connectivity index (χ1v) is 8.00. The van der Waals surface area contributed by atoms with E-state index in [0.717, 1.165) is 11.4 Å². The maximum Gasteiger partial charge on any atom is 0.257 e. The molecule has 1 heterocycles. The Bertz CT molecular complexity index is 803. The minimum Gasteiger partial charge on any atom is -0.383 e. The Morgan fingerprint density at radius 2 is 1.92 bits per heavy atom. The number of hydrogen-bond acceptors (Lipinski definition) is 4. The van der Waals surface area contributed by atoms with E-state index in [0.29, 0.717) is 23.4 Å². The molecule has 0 saturated heterocycles. The molecule has 1 amide bonds. The number of hydrogen-bond donors (Lipinski definition) is 3. The lowest BCUT2D eigenvalue weighted by molar-refractivity contribution is -0.110. The molecule has 3 rings (SSSR count). The van der Waals surface area contributed by atoms with Crippen LogP contribution in [0.1, 0.15) is 12.5 Å². The van der Waals surface area contributed by atoms with Crippen LogP contribution in [0.25, 0.3) is 5.57 Å². The number of carbonyl (C=O) groups excluding carboxylic acids is 1. The van der Waals surface area contributed by atoms with Crippen molar-refractivity contribution in [3.05, 3.63) is 60.0 Å². The first-order chi connectivity index (χ1) is 12.1. The van der Waals surface area contributed by atoms with E-state index >= 15 is 0 Å². The molecule has 1 unspecified atom stereocenters. The van der Waals surface area contributed by atoms with Crippen molar-refractivity contribution in [2.45, 2.75) is 13.0 Å². The van der Waals surface area contributed by atoms with Gasteiger partial charge < -0.3 is 20.7 Å². The Morgan fingerprint density at radius 1 is 1.20 bits per heavy atom. The molecule has 3 N–H and O–H groups in total. The maximum absolute atomic E-state index is 13.4. The van der Waals surface area contributed by atoms with E-state index < -0.39 is 0 Å². The molecule has 0 spiro atoms. The summed E-state index contributed by atoms with van der Waals surface area (Å²) >= 11 is 0. The van der Waals surface area contributed by atoms with Gasteiger partial charge in [-0.05, 0) is 49.4 Å². The number of nitrogens with one attached hydrogen (secondary N) is 3. The molecule has 1 atom stereocenters. The standard InChI is InChI=1S/C19H20FN3O2/c1-12(11-25-2)22-15-6-4-14(5-7-15)21-10-17-16-9-13(20)3-8-18(16)23-19(17)24/h3-10,12,21-22H,11H2,1-2H3,(H,23,24)/b17-10+. The van der Waals surface area contributed by atoms with Crippen LogP contribution in [0.15, 0.2) is 48.7 Å². The molecular formula is C19H20FN3O2. The van der Waals surface area contributed by atoms with E-state index in [-0.39, 0.29) is 17.8 Å². The third kappa shape index (κ3) is 3.97. The summed E-state index contributed by atoms with van der Waals surface area (Å²) in [6.45, 7) is 2.66. The molecule has 2 aromatic rings. The van der Waals surface area contributed by atoms with Crippen molar-refractivity contribution in [3.8, 4) is 0 Å². The quantitative estimate of drug-likeness (QED) is 0.702. The van der Waals surface area contributed by atoms with Gasteiger partial charge in [-0.1, -0.05) is 0 Å². The van der Waals surface area contributed by atoms with Crippen LogP contribution in [-0.4, -0.2) is 25.7 Å². The van der Waals surface area contributed by atoms with E-state index in [4.69, 9.17) is 4.74 Å². The fourth-order valence-corrected chi connectivity index (χ4v) is 2.70. The van der Waals surface area contributed by atoms with Gasteiger partial charge in [0, 0.05) is 42.0 Å². The summed E-state index contributed by atoms with van der Waals surface area (Å²) in [5.74, 6) is -0.624. The average molecular weight is 341 g/mol. The number of amides is 1. The molecular weight excluding hydrogens is 321 g/mol. The van der Waals surface area contributed by atoms with Gasteiger partial charge in [-0.2, -0.15) is 0 Å². The second kappa shape index (κ2) is 7.36. The highest BCUT2D eigenvalue weighted by Gasteiger charge is 2.24. The Hall–Kier alpha value is -2.86. The van der Waals surface area contributed by atoms with Gasteiger partial charge in [0.15, 0.2) is 0 Å². The van der Waals surface area contributed by atoms with Crippen molar-refractivity contribution in [1.82, 2.24) is 0 Å². The highest BCUT2D eigenvalue weighted by molar-refractivity contribution is 6.31. The van der Waals surface area contributed by atoms with E-state index in [1.54, 1.807) is 19.4 Å².